The number of carbonyl (C=O) groups excluding carboxylic acids is 1. The van der Waals surface area contributed by atoms with Gasteiger partial charge >= 0.3 is 0 Å². The van der Waals surface area contributed by atoms with Gasteiger partial charge in [0, 0.05) is 11.6 Å². The van der Waals surface area contributed by atoms with Gasteiger partial charge in [0.1, 0.15) is 12.3 Å². The Balaban J connectivity index is 1.72. The topological polar surface area (TPSA) is 68.5 Å². The summed E-state index contributed by atoms with van der Waals surface area (Å²) in [4.78, 5) is 19.0. The van der Waals surface area contributed by atoms with E-state index in [1.165, 1.54) is 0 Å². The number of halogens is 1. The number of carbonyl (C=O) groups is 1. The van der Waals surface area contributed by atoms with E-state index in [4.69, 9.17) is 20.9 Å². The minimum atomic E-state index is -0.647. The molecule has 3 rings (SSSR count). The van der Waals surface area contributed by atoms with E-state index < -0.39 is 6.10 Å². The van der Waals surface area contributed by atoms with Crippen molar-refractivity contribution in [1.29, 1.82) is 0 Å². The van der Waals surface area contributed by atoms with Crippen molar-refractivity contribution in [2.24, 2.45) is 0 Å². The van der Waals surface area contributed by atoms with Gasteiger partial charge in [-0.05, 0) is 52.0 Å². The van der Waals surface area contributed by atoms with Gasteiger partial charge in [0.05, 0.1) is 5.02 Å². The highest BCUT2D eigenvalue weighted by Gasteiger charge is 2.26. The Bertz CT molecular complexity index is 969. The summed E-state index contributed by atoms with van der Waals surface area (Å²) in [5.74, 6) is 1.23. The molecule has 0 aliphatic carbocycles. The third-order valence-electron chi connectivity index (χ3n) is 4.48. The van der Waals surface area contributed by atoms with Crippen LogP contribution >= 0.6 is 11.6 Å². The number of aryl methyl sites for hydroxylation is 1. The van der Waals surface area contributed by atoms with Crippen molar-refractivity contribution in [2.45, 2.75) is 46.4 Å². The molecule has 0 saturated heterocycles. The van der Waals surface area contributed by atoms with Gasteiger partial charge in [-0.1, -0.05) is 46.6 Å². The highest BCUT2D eigenvalue weighted by molar-refractivity contribution is 6.33. The molecule has 1 aromatic heterocycles. The second-order valence-corrected chi connectivity index (χ2v) is 7.53. The van der Waals surface area contributed by atoms with Gasteiger partial charge in [-0.3, -0.25) is 4.79 Å². The minimum Gasteiger partial charge on any atom is -0.481 e. The molecule has 2 aromatic carbocycles. The minimum absolute atomic E-state index is 0.0674. The number of nitrogens with zero attached hydrogens (tertiary/aromatic N) is 3. The largest absolute Gasteiger partial charge is 0.481 e. The molecule has 0 spiro atoms. The van der Waals surface area contributed by atoms with Crippen molar-refractivity contribution < 1.29 is 14.1 Å². The molecule has 152 valence electrons. The van der Waals surface area contributed by atoms with Gasteiger partial charge in [-0.2, -0.15) is 4.98 Å². The number of ether oxygens (including phenoxy) is 1. The molecule has 29 heavy (non-hydrogen) atoms. The van der Waals surface area contributed by atoms with Crippen LogP contribution in [0.3, 0.4) is 0 Å². The zero-order valence-electron chi connectivity index (χ0n) is 16.9. The average Bonchev–Trinajstić information content (AvgIpc) is 3.16. The third-order valence-corrected chi connectivity index (χ3v) is 4.81. The molecule has 0 N–H and O–H groups in total. The van der Waals surface area contributed by atoms with Gasteiger partial charge in [-0.15, -0.1) is 0 Å². The lowest BCUT2D eigenvalue weighted by atomic mass is 10.2. The summed E-state index contributed by atoms with van der Waals surface area (Å²) in [6.45, 7) is 7.79. The maximum atomic E-state index is 13.0. The molecule has 1 atom stereocenters. The highest BCUT2D eigenvalue weighted by atomic mass is 35.5. The van der Waals surface area contributed by atoms with Gasteiger partial charge in [-0.25, -0.2) is 0 Å². The molecule has 3 aromatic rings. The Morgan fingerprint density at radius 1 is 1.14 bits per heavy atom. The molecule has 1 amide bonds. The molecule has 0 fully saturated rings. The van der Waals surface area contributed by atoms with Crippen LogP contribution in [0.2, 0.25) is 5.02 Å². The predicted octanol–water partition coefficient (Wildman–Crippen LogP) is 4.90. The monoisotopic (exact) mass is 413 g/mol. The van der Waals surface area contributed by atoms with Crippen molar-refractivity contribution in [3.63, 3.8) is 0 Å². The standard InChI is InChI=1S/C22H24ClN3O3/c1-14(2)26(22(27)16(4)28-17-11-9-15(3)10-12-17)13-20-24-21(25-29-20)18-7-5-6-8-19(18)23/h5-12,14,16H,13H2,1-4H3/t16-/m0/s1. The number of aromatic nitrogens is 2. The lowest BCUT2D eigenvalue weighted by Crippen LogP contribution is -2.43. The van der Waals surface area contributed by atoms with Crippen LogP contribution in [-0.2, 0) is 11.3 Å². The first-order valence-corrected chi connectivity index (χ1v) is 9.84. The molecule has 1 heterocycles. The SMILES string of the molecule is Cc1ccc(O[C@@H](C)C(=O)N(Cc2nc(-c3ccccc3Cl)no2)C(C)C)cc1. The first-order chi connectivity index (χ1) is 13.8. The Kier molecular flexibility index (Phi) is 6.54. The lowest BCUT2D eigenvalue weighted by Gasteiger charge is -2.28. The van der Waals surface area contributed by atoms with Crippen LogP contribution in [0, 0.1) is 6.92 Å². The Labute approximate surface area is 175 Å². The molecule has 0 aliphatic heterocycles. The lowest BCUT2D eigenvalue weighted by molar-refractivity contribution is -0.140. The number of amides is 1. The van der Waals surface area contributed by atoms with Crippen LogP contribution in [-0.4, -0.2) is 33.1 Å². The van der Waals surface area contributed by atoms with E-state index >= 15 is 0 Å². The van der Waals surface area contributed by atoms with Crippen LogP contribution in [0.15, 0.2) is 53.1 Å². The van der Waals surface area contributed by atoms with Crippen LogP contribution in [0.1, 0.15) is 32.2 Å². The molecular weight excluding hydrogens is 390 g/mol. The van der Waals surface area contributed by atoms with E-state index in [1.807, 2.05) is 63.2 Å². The summed E-state index contributed by atoms with van der Waals surface area (Å²) in [7, 11) is 0. The maximum Gasteiger partial charge on any atom is 0.264 e. The highest BCUT2D eigenvalue weighted by Crippen LogP contribution is 2.25. The van der Waals surface area contributed by atoms with Crippen molar-refractivity contribution in [3.8, 4) is 17.1 Å². The number of hydrogen-bond donors (Lipinski definition) is 0. The van der Waals surface area contributed by atoms with Crippen molar-refractivity contribution in [1.82, 2.24) is 15.0 Å². The second kappa shape index (κ2) is 9.09. The summed E-state index contributed by atoms with van der Waals surface area (Å²) in [6, 6.07) is 14.8. The Morgan fingerprint density at radius 2 is 1.83 bits per heavy atom. The zero-order valence-corrected chi connectivity index (χ0v) is 17.7. The number of rotatable bonds is 7. The van der Waals surface area contributed by atoms with E-state index in [1.54, 1.807) is 17.9 Å². The van der Waals surface area contributed by atoms with E-state index in [9.17, 15) is 4.79 Å². The summed E-state index contributed by atoms with van der Waals surface area (Å²) >= 11 is 6.20. The fraction of sp³-hybridized carbons (Fsp3) is 0.318. The molecule has 0 saturated carbocycles. The van der Waals surface area contributed by atoms with E-state index in [0.717, 1.165) is 5.56 Å². The van der Waals surface area contributed by atoms with Gasteiger partial charge in [0.2, 0.25) is 11.7 Å². The maximum absolute atomic E-state index is 13.0. The molecule has 7 heteroatoms. The fourth-order valence-electron chi connectivity index (χ4n) is 2.84. The molecule has 0 aliphatic rings. The van der Waals surface area contributed by atoms with Gasteiger partial charge in [0.15, 0.2) is 6.10 Å². The van der Waals surface area contributed by atoms with E-state index in [2.05, 4.69) is 10.1 Å². The number of benzene rings is 2. The Morgan fingerprint density at radius 3 is 2.48 bits per heavy atom. The summed E-state index contributed by atoms with van der Waals surface area (Å²) in [5.41, 5.74) is 1.81. The normalized spacial score (nSPS) is 12.1. The van der Waals surface area contributed by atoms with Crippen LogP contribution in [0.25, 0.3) is 11.4 Å². The molecule has 0 radical (unpaired) electrons. The average molecular weight is 414 g/mol. The fourth-order valence-corrected chi connectivity index (χ4v) is 3.06. The van der Waals surface area contributed by atoms with Crippen molar-refractivity contribution in [2.75, 3.05) is 0 Å². The first-order valence-electron chi connectivity index (χ1n) is 9.46. The predicted molar refractivity (Wildman–Crippen MR) is 112 cm³/mol. The smallest absolute Gasteiger partial charge is 0.264 e. The van der Waals surface area contributed by atoms with Crippen molar-refractivity contribution >= 4 is 17.5 Å². The second-order valence-electron chi connectivity index (χ2n) is 7.12. The number of hydrogen-bond acceptors (Lipinski definition) is 5. The summed E-state index contributed by atoms with van der Waals surface area (Å²) in [5, 5.41) is 4.54. The molecule has 6 nitrogen and oxygen atoms in total. The van der Waals surface area contributed by atoms with E-state index in [0.29, 0.717) is 28.1 Å². The van der Waals surface area contributed by atoms with Crippen LogP contribution < -0.4 is 4.74 Å². The Hall–Kier alpha value is -2.86. The first kappa shape index (κ1) is 20.9. The van der Waals surface area contributed by atoms with E-state index in [-0.39, 0.29) is 18.5 Å². The van der Waals surface area contributed by atoms with Gasteiger partial charge < -0.3 is 14.2 Å². The van der Waals surface area contributed by atoms with Crippen LogP contribution in [0.4, 0.5) is 0 Å². The van der Waals surface area contributed by atoms with Crippen LogP contribution in [0.5, 0.6) is 5.75 Å². The molecule has 0 bridgehead atoms. The summed E-state index contributed by atoms with van der Waals surface area (Å²) < 4.78 is 11.2. The quantitative estimate of drug-likeness (QED) is 0.550. The third kappa shape index (κ3) is 5.15. The van der Waals surface area contributed by atoms with Gasteiger partial charge in [0.25, 0.3) is 5.91 Å². The molecule has 0 unspecified atom stereocenters. The summed E-state index contributed by atoms with van der Waals surface area (Å²) in [6.07, 6.45) is -0.647. The zero-order chi connectivity index (χ0) is 21.0. The molecular formula is C22H24ClN3O3. The van der Waals surface area contributed by atoms with Crippen molar-refractivity contribution in [3.05, 3.63) is 65.0 Å².